The number of hydrogen-bond acceptors (Lipinski definition) is 5. The number of pyridine rings is 1. The summed E-state index contributed by atoms with van der Waals surface area (Å²) in [4.78, 5) is 18.0. The van der Waals surface area contributed by atoms with Crippen molar-refractivity contribution in [3.8, 4) is 0 Å². The fourth-order valence-electron chi connectivity index (χ4n) is 3.22. The summed E-state index contributed by atoms with van der Waals surface area (Å²) in [7, 11) is 0. The van der Waals surface area contributed by atoms with Gasteiger partial charge >= 0.3 is 5.97 Å². The normalized spacial score (nSPS) is 15.8. The molecule has 166 valence electrons. The molecule has 0 amide bonds. The number of aromatic nitrogens is 1. The summed E-state index contributed by atoms with van der Waals surface area (Å²) in [5.74, 6) is -0.424. The Labute approximate surface area is 191 Å². The minimum Gasteiger partial charge on any atom is -0.598 e. The van der Waals surface area contributed by atoms with Crippen molar-refractivity contribution < 1.29 is 14.1 Å². The van der Waals surface area contributed by atoms with E-state index in [1.807, 2.05) is 58.9 Å². The van der Waals surface area contributed by atoms with Gasteiger partial charge in [-0.3, -0.25) is 4.98 Å². The highest BCUT2D eigenvalue weighted by molar-refractivity contribution is 9.10. The molecule has 1 aromatic carbocycles. The van der Waals surface area contributed by atoms with Crippen LogP contribution in [0.4, 0.5) is 0 Å². The number of fused-ring (bicyclic) bond motifs is 1. The predicted molar refractivity (Wildman–Crippen MR) is 127 cm³/mol. The third kappa shape index (κ3) is 6.19. The smallest absolute Gasteiger partial charge is 0.335 e. The molecule has 0 aliphatic rings. The Balaban J connectivity index is 2.74. The van der Waals surface area contributed by atoms with Crippen LogP contribution in [0, 0.1) is 5.41 Å². The lowest BCUT2D eigenvalue weighted by molar-refractivity contribution is -0.156. The van der Waals surface area contributed by atoms with Crippen LogP contribution >= 0.6 is 15.9 Å². The lowest BCUT2D eigenvalue weighted by Crippen LogP contribution is -2.58. The van der Waals surface area contributed by atoms with Crippen molar-refractivity contribution in [1.29, 1.82) is 0 Å². The monoisotopic (exact) mass is 496 g/mol. The van der Waals surface area contributed by atoms with Crippen molar-refractivity contribution >= 4 is 44.2 Å². The third-order valence-corrected chi connectivity index (χ3v) is 6.53. The first-order chi connectivity index (χ1) is 13.6. The Bertz CT molecular complexity index is 905. The molecule has 30 heavy (non-hydrogen) atoms. The maximum atomic E-state index is 13.6. The van der Waals surface area contributed by atoms with Gasteiger partial charge in [-0.05, 0) is 86.1 Å². The number of ether oxygens (including phenoxy) is 1. The fraction of sp³-hybridized carbons (Fsp3) is 0.565. The number of esters is 1. The molecule has 2 unspecified atom stereocenters. The average molecular weight is 497 g/mol. The number of hydrogen-bond donors (Lipinski definition) is 1. The van der Waals surface area contributed by atoms with Crippen molar-refractivity contribution in [1.82, 2.24) is 9.71 Å². The van der Waals surface area contributed by atoms with Gasteiger partial charge in [0.15, 0.2) is 5.54 Å². The Kier molecular flexibility index (Phi) is 7.66. The van der Waals surface area contributed by atoms with Crippen LogP contribution in [0.3, 0.4) is 0 Å². The van der Waals surface area contributed by atoms with E-state index >= 15 is 0 Å². The lowest BCUT2D eigenvalue weighted by atomic mass is 9.76. The summed E-state index contributed by atoms with van der Waals surface area (Å²) in [5, 5.41) is 0.890. The van der Waals surface area contributed by atoms with Gasteiger partial charge in [-0.1, -0.05) is 26.8 Å². The van der Waals surface area contributed by atoms with Crippen molar-refractivity contribution in [2.75, 3.05) is 0 Å². The molecule has 0 bridgehead atoms. The first-order valence-electron chi connectivity index (χ1n) is 10.1. The van der Waals surface area contributed by atoms with Gasteiger partial charge in [0.25, 0.3) is 0 Å². The Morgan fingerprint density at radius 2 is 1.83 bits per heavy atom. The highest BCUT2D eigenvalue weighted by Crippen LogP contribution is 2.39. The molecule has 0 saturated heterocycles. The molecule has 1 aromatic heterocycles. The summed E-state index contributed by atoms with van der Waals surface area (Å²) >= 11 is 1.97. The summed E-state index contributed by atoms with van der Waals surface area (Å²) in [6.07, 6.45) is 1.86. The van der Waals surface area contributed by atoms with Crippen LogP contribution in [-0.4, -0.2) is 26.4 Å². The Hall–Kier alpha value is -1.15. The van der Waals surface area contributed by atoms with Crippen molar-refractivity contribution in [2.45, 2.75) is 78.2 Å². The van der Waals surface area contributed by atoms with Crippen molar-refractivity contribution in [3.05, 3.63) is 40.5 Å². The summed E-state index contributed by atoms with van der Waals surface area (Å²) < 4.78 is 22.4. The minimum atomic E-state index is -1.49. The highest BCUT2D eigenvalue weighted by Gasteiger charge is 2.50. The molecule has 2 atom stereocenters. The van der Waals surface area contributed by atoms with Crippen LogP contribution in [0.25, 0.3) is 10.9 Å². The first-order valence-corrected chi connectivity index (χ1v) is 12.0. The molecule has 5 nitrogen and oxygen atoms in total. The summed E-state index contributed by atoms with van der Waals surface area (Å²) in [6, 6.07) is 7.66. The van der Waals surface area contributed by atoms with Crippen LogP contribution in [0.2, 0.25) is 0 Å². The van der Waals surface area contributed by atoms with E-state index < -0.39 is 27.6 Å². The number of benzene rings is 1. The second kappa shape index (κ2) is 9.15. The van der Waals surface area contributed by atoms with Gasteiger partial charge in [0, 0.05) is 27.4 Å². The van der Waals surface area contributed by atoms with Gasteiger partial charge < -0.3 is 9.29 Å². The quantitative estimate of drug-likeness (QED) is 0.414. The molecule has 0 radical (unpaired) electrons. The zero-order valence-electron chi connectivity index (χ0n) is 19.1. The number of carbonyl (C=O) groups excluding carboxylic acids is 1. The van der Waals surface area contributed by atoms with Gasteiger partial charge in [0.05, 0.1) is 11.6 Å². The molecule has 1 heterocycles. The molecule has 1 N–H and O–H groups in total. The van der Waals surface area contributed by atoms with Gasteiger partial charge in [-0.15, -0.1) is 4.72 Å². The van der Waals surface area contributed by atoms with E-state index in [-0.39, 0.29) is 11.5 Å². The third-order valence-electron chi connectivity index (χ3n) is 4.45. The largest absolute Gasteiger partial charge is 0.598 e. The molecule has 0 spiro atoms. The molecule has 0 fully saturated rings. The molecule has 0 aliphatic heterocycles. The number of rotatable bonds is 6. The van der Waals surface area contributed by atoms with Gasteiger partial charge in [0.1, 0.15) is 4.75 Å². The summed E-state index contributed by atoms with van der Waals surface area (Å²) in [5.41, 5.74) is 0.0288. The molecule has 0 saturated carbocycles. The maximum absolute atomic E-state index is 13.6. The van der Waals surface area contributed by atoms with Crippen LogP contribution in [0.5, 0.6) is 0 Å². The van der Waals surface area contributed by atoms with Crippen LogP contribution in [0.15, 0.2) is 34.9 Å². The number of carbonyl (C=O) groups is 1. The maximum Gasteiger partial charge on any atom is 0.335 e. The zero-order valence-corrected chi connectivity index (χ0v) is 21.5. The van der Waals surface area contributed by atoms with Gasteiger partial charge in [0.2, 0.25) is 0 Å². The fourth-order valence-corrected chi connectivity index (χ4v) is 4.47. The SMILES string of the molecule is CC(C)OC(=O)C(CC(C)(C)C)(N[S+]([O-])C(C)(C)C)c1ccc2ncc(Br)cc2c1. The second-order valence-electron chi connectivity index (χ2n) is 10.1. The second-order valence-corrected chi connectivity index (χ2v) is 13.0. The van der Waals surface area contributed by atoms with Crippen LogP contribution in [-0.2, 0) is 26.4 Å². The van der Waals surface area contributed by atoms with E-state index in [1.54, 1.807) is 6.20 Å². The topological polar surface area (TPSA) is 74.3 Å². The molecule has 2 aromatic rings. The summed E-state index contributed by atoms with van der Waals surface area (Å²) in [6.45, 7) is 15.5. The van der Waals surface area contributed by atoms with E-state index in [1.165, 1.54) is 0 Å². The molecule has 0 aliphatic carbocycles. The molecular formula is C23H33BrN2O3S. The lowest BCUT2D eigenvalue weighted by Gasteiger charge is -2.39. The highest BCUT2D eigenvalue weighted by atomic mass is 79.9. The number of nitrogens with zero attached hydrogens (tertiary/aromatic N) is 1. The molecular weight excluding hydrogens is 464 g/mol. The number of halogens is 1. The van der Waals surface area contributed by atoms with E-state index in [9.17, 15) is 9.35 Å². The van der Waals surface area contributed by atoms with E-state index in [0.29, 0.717) is 12.0 Å². The Morgan fingerprint density at radius 3 is 2.37 bits per heavy atom. The molecule has 7 heteroatoms. The first kappa shape index (κ1) is 25.1. The minimum absolute atomic E-state index is 0.241. The number of nitrogens with one attached hydrogen (secondary N) is 1. The van der Waals surface area contributed by atoms with E-state index in [0.717, 1.165) is 15.4 Å². The van der Waals surface area contributed by atoms with Gasteiger partial charge in [-0.25, -0.2) is 4.79 Å². The standard InChI is InChI=1S/C23H33BrN2O3S/c1-15(2)29-20(27)23(14-21(3,4)5,26-30(28)22(6,7)8)17-9-10-19-16(11-17)12-18(24)13-25-19/h9-13,15,26H,14H2,1-8H3. The van der Waals surface area contributed by atoms with Crippen molar-refractivity contribution in [3.63, 3.8) is 0 Å². The van der Waals surface area contributed by atoms with E-state index in [4.69, 9.17) is 4.74 Å². The zero-order chi connectivity index (χ0) is 22.9. The molecule has 2 rings (SSSR count). The van der Waals surface area contributed by atoms with Crippen LogP contribution in [0.1, 0.15) is 67.4 Å². The average Bonchev–Trinajstić information content (AvgIpc) is 2.57. The predicted octanol–water partition coefficient (Wildman–Crippen LogP) is 5.63. The van der Waals surface area contributed by atoms with E-state index in [2.05, 4.69) is 46.4 Å². The van der Waals surface area contributed by atoms with Gasteiger partial charge in [-0.2, -0.15) is 0 Å². The van der Waals surface area contributed by atoms with Crippen molar-refractivity contribution in [2.24, 2.45) is 5.41 Å². The Morgan fingerprint density at radius 1 is 1.20 bits per heavy atom. The van der Waals surface area contributed by atoms with Crippen LogP contribution < -0.4 is 4.72 Å².